The van der Waals surface area contributed by atoms with E-state index in [2.05, 4.69) is 0 Å². The number of benzene rings is 2. The van der Waals surface area contributed by atoms with Gasteiger partial charge in [-0.15, -0.1) is 0 Å². The van der Waals surface area contributed by atoms with Gasteiger partial charge in [-0.3, -0.25) is 4.79 Å². The van der Waals surface area contributed by atoms with Gasteiger partial charge in [-0.05, 0) is 49.1 Å². The molecule has 1 aliphatic heterocycles. The fraction of sp³-hybridized carbons (Fsp3) is 0.409. The van der Waals surface area contributed by atoms with Crippen LogP contribution >= 0.6 is 0 Å². The third kappa shape index (κ3) is 3.47. The van der Waals surface area contributed by atoms with E-state index in [1.165, 1.54) is 16.8 Å². The first-order valence-electron chi connectivity index (χ1n) is 9.96. The Morgan fingerprint density at radius 2 is 1.79 bits per heavy atom. The summed E-state index contributed by atoms with van der Waals surface area (Å²) >= 11 is 0. The lowest BCUT2D eigenvalue weighted by Gasteiger charge is -2.30. The van der Waals surface area contributed by atoms with Gasteiger partial charge < -0.3 is 4.90 Å². The Kier molecular flexibility index (Phi) is 5.25. The normalized spacial score (nSPS) is 17.7. The molecule has 0 saturated heterocycles. The predicted molar refractivity (Wildman–Crippen MR) is 110 cm³/mol. The molecule has 1 heterocycles. The number of para-hydroxylation sites is 1. The number of sulfonamides is 1. The summed E-state index contributed by atoms with van der Waals surface area (Å²) < 4.78 is 27.8. The first-order valence-corrected chi connectivity index (χ1v) is 11.4. The summed E-state index contributed by atoms with van der Waals surface area (Å²) in [5.41, 5.74) is 2.48. The van der Waals surface area contributed by atoms with Crippen LogP contribution in [0.4, 0.5) is 5.69 Å². The molecule has 4 rings (SSSR count). The van der Waals surface area contributed by atoms with Crippen LogP contribution in [0.25, 0.3) is 0 Å². The Bertz CT molecular complexity index is 981. The molecule has 2 aromatic carbocycles. The van der Waals surface area contributed by atoms with E-state index in [9.17, 15) is 13.2 Å². The number of nitrogens with zero attached hydrogens (tertiary/aromatic N) is 2. The first kappa shape index (κ1) is 19.2. The molecule has 2 aromatic rings. The molecule has 1 aliphatic carbocycles. The Morgan fingerprint density at radius 1 is 1.04 bits per heavy atom. The number of rotatable bonds is 4. The van der Waals surface area contributed by atoms with Gasteiger partial charge in [-0.2, -0.15) is 4.31 Å². The van der Waals surface area contributed by atoms with Crippen LogP contribution in [-0.4, -0.2) is 38.3 Å². The van der Waals surface area contributed by atoms with Gasteiger partial charge >= 0.3 is 0 Å². The van der Waals surface area contributed by atoms with Gasteiger partial charge in [0.2, 0.25) is 10.0 Å². The average molecular weight is 399 g/mol. The number of amides is 1. The van der Waals surface area contributed by atoms with E-state index in [-0.39, 0.29) is 16.8 Å². The van der Waals surface area contributed by atoms with E-state index < -0.39 is 10.0 Å². The van der Waals surface area contributed by atoms with Crippen molar-refractivity contribution >= 4 is 21.6 Å². The number of carbonyl (C=O) groups is 1. The molecule has 1 amide bonds. The van der Waals surface area contributed by atoms with Gasteiger partial charge in [0.05, 0.1) is 4.90 Å². The van der Waals surface area contributed by atoms with Crippen LogP contribution in [0, 0.1) is 0 Å². The zero-order chi connectivity index (χ0) is 19.7. The largest absolute Gasteiger partial charge is 0.308 e. The molecule has 1 fully saturated rings. The molecule has 0 radical (unpaired) electrons. The molecule has 1 saturated carbocycles. The van der Waals surface area contributed by atoms with Crippen molar-refractivity contribution < 1.29 is 13.2 Å². The molecule has 0 unspecified atom stereocenters. The lowest BCUT2D eigenvalue weighted by molar-refractivity contribution is 0.0989. The zero-order valence-electron chi connectivity index (χ0n) is 16.2. The molecule has 0 atom stereocenters. The molecule has 5 nitrogen and oxygen atoms in total. The lowest BCUT2D eigenvalue weighted by Crippen LogP contribution is -2.38. The van der Waals surface area contributed by atoms with Crippen LogP contribution < -0.4 is 4.90 Å². The average Bonchev–Trinajstić information content (AvgIpc) is 3.17. The van der Waals surface area contributed by atoms with Crippen molar-refractivity contribution in [1.29, 1.82) is 0 Å². The highest BCUT2D eigenvalue weighted by Crippen LogP contribution is 2.30. The number of carbonyl (C=O) groups excluding carboxylic acids is 1. The Hall–Kier alpha value is -2.18. The van der Waals surface area contributed by atoms with Crippen molar-refractivity contribution in [2.75, 3.05) is 18.5 Å². The molecule has 0 spiro atoms. The molecule has 2 aliphatic rings. The van der Waals surface area contributed by atoms with Crippen LogP contribution in [0.15, 0.2) is 53.4 Å². The number of hydrogen-bond acceptors (Lipinski definition) is 3. The second-order valence-electron chi connectivity index (χ2n) is 7.68. The molecule has 28 heavy (non-hydrogen) atoms. The topological polar surface area (TPSA) is 57.7 Å². The summed E-state index contributed by atoms with van der Waals surface area (Å²) in [5, 5.41) is 0. The van der Waals surface area contributed by atoms with E-state index in [4.69, 9.17) is 0 Å². The minimum Gasteiger partial charge on any atom is -0.308 e. The van der Waals surface area contributed by atoms with Crippen molar-refractivity contribution in [1.82, 2.24) is 4.31 Å². The fourth-order valence-corrected chi connectivity index (χ4v) is 5.76. The summed E-state index contributed by atoms with van der Waals surface area (Å²) in [6.07, 6.45) is 5.93. The molecule has 0 N–H and O–H groups in total. The van der Waals surface area contributed by atoms with Crippen molar-refractivity contribution in [2.45, 2.75) is 49.5 Å². The maximum atomic E-state index is 13.1. The smallest absolute Gasteiger partial charge is 0.258 e. The highest BCUT2D eigenvalue weighted by atomic mass is 32.2. The number of hydrogen-bond donors (Lipinski definition) is 0. The molecular weight excluding hydrogens is 372 g/mol. The monoisotopic (exact) mass is 398 g/mol. The summed E-state index contributed by atoms with van der Waals surface area (Å²) in [5.74, 6) is -0.151. The maximum Gasteiger partial charge on any atom is 0.258 e. The molecule has 6 heteroatoms. The van der Waals surface area contributed by atoms with Crippen molar-refractivity contribution in [3.63, 3.8) is 0 Å². The van der Waals surface area contributed by atoms with Gasteiger partial charge in [-0.1, -0.05) is 43.5 Å². The summed E-state index contributed by atoms with van der Waals surface area (Å²) in [6, 6.07) is 14.4. The summed E-state index contributed by atoms with van der Waals surface area (Å²) in [7, 11) is -1.95. The Balaban J connectivity index is 1.60. The van der Waals surface area contributed by atoms with Gasteiger partial charge in [0.15, 0.2) is 0 Å². The predicted octanol–water partition coefficient (Wildman–Crippen LogP) is 3.84. The van der Waals surface area contributed by atoms with E-state index >= 15 is 0 Å². The van der Waals surface area contributed by atoms with Crippen molar-refractivity contribution in [3.8, 4) is 0 Å². The standard InChI is InChI=1S/C22H26N2O3S/c1-23(19-10-3-2-4-11-19)28(26,27)20-12-7-9-18(16-20)22(25)24-15-14-17-8-5-6-13-21(17)24/h5-9,12-13,16,19H,2-4,10-11,14-15H2,1H3. The lowest BCUT2D eigenvalue weighted by atomic mass is 9.96. The fourth-order valence-electron chi connectivity index (χ4n) is 4.30. The number of anilines is 1. The van der Waals surface area contributed by atoms with Crippen LogP contribution in [0.3, 0.4) is 0 Å². The molecular formula is C22H26N2O3S. The van der Waals surface area contributed by atoms with Crippen molar-refractivity contribution in [2.24, 2.45) is 0 Å². The highest BCUT2D eigenvalue weighted by molar-refractivity contribution is 7.89. The van der Waals surface area contributed by atoms with Gasteiger partial charge in [-0.25, -0.2) is 8.42 Å². The highest BCUT2D eigenvalue weighted by Gasteiger charge is 2.30. The summed E-state index contributed by atoms with van der Waals surface area (Å²) in [6.45, 7) is 0.622. The quantitative estimate of drug-likeness (QED) is 0.786. The van der Waals surface area contributed by atoms with E-state index in [0.717, 1.165) is 43.4 Å². The van der Waals surface area contributed by atoms with Crippen LogP contribution in [0.5, 0.6) is 0 Å². The molecule has 148 valence electrons. The molecule has 0 aromatic heterocycles. The second kappa shape index (κ2) is 7.68. The third-order valence-electron chi connectivity index (χ3n) is 5.98. The van der Waals surface area contributed by atoms with E-state index in [1.54, 1.807) is 30.1 Å². The minimum atomic E-state index is -3.62. The second-order valence-corrected chi connectivity index (χ2v) is 9.67. The molecule has 0 bridgehead atoms. The number of fused-ring (bicyclic) bond motifs is 1. The maximum absolute atomic E-state index is 13.1. The third-order valence-corrected chi connectivity index (χ3v) is 7.89. The summed E-state index contributed by atoms with van der Waals surface area (Å²) in [4.78, 5) is 15.0. The van der Waals surface area contributed by atoms with Crippen LogP contribution in [-0.2, 0) is 16.4 Å². The van der Waals surface area contributed by atoms with E-state index in [1.807, 2.05) is 24.3 Å². The van der Waals surface area contributed by atoms with Gasteiger partial charge in [0.25, 0.3) is 5.91 Å². The van der Waals surface area contributed by atoms with Crippen LogP contribution in [0.1, 0.15) is 48.0 Å². The van der Waals surface area contributed by atoms with Crippen molar-refractivity contribution in [3.05, 3.63) is 59.7 Å². The SMILES string of the molecule is CN(C1CCCCC1)S(=O)(=O)c1cccc(C(=O)N2CCc3ccccc32)c1. The Morgan fingerprint density at radius 3 is 2.57 bits per heavy atom. The van der Waals surface area contributed by atoms with Gasteiger partial charge in [0, 0.05) is 30.9 Å². The van der Waals surface area contributed by atoms with Crippen LogP contribution in [0.2, 0.25) is 0 Å². The zero-order valence-corrected chi connectivity index (χ0v) is 17.0. The van der Waals surface area contributed by atoms with Gasteiger partial charge in [0.1, 0.15) is 0 Å². The minimum absolute atomic E-state index is 0.0450. The Labute approximate surface area is 167 Å². The van der Waals surface area contributed by atoms with E-state index in [0.29, 0.717) is 12.1 Å². The first-order chi connectivity index (χ1) is 13.5.